The number of aromatic nitrogens is 2. The van der Waals surface area contributed by atoms with Crippen molar-refractivity contribution < 1.29 is 9.26 Å². The third kappa shape index (κ3) is 3.78. The van der Waals surface area contributed by atoms with Crippen molar-refractivity contribution in [3.63, 3.8) is 0 Å². The van der Waals surface area contributed by atoms with Crippen molar-refractivity contribution in [3.8, 4) is 0 Å². The van der Waals surface area contributed by atoms with E-state index in [1.165, 1.54) is 0 Å². The molecule has 0 saturated heterocycles. The topological polar surface area (TPSA) is 74.2 Å². The molecule has 1 heterocycles. The van der Waals surface area contributed by atoms with Crippen LogP contribution in [0.3, 0.4) is 0 Å². The number of hydrogen-bond acceptors (Lipinski definition) is 5. The summed E-state index contributed by atoms with van der Waals surface area (Å²) >= 11 is 0. The fourth-order valence-corrected chi connectivity index (χ4v) is 1.64. The molecule has 0 spiro atoms. The van der Waals surface area contributed by atoms with Gasteiger partial charge in [0.1, 0.15) is 6.10 Å². The van der Waals surface area contributed by atoms with Crippen LogP contribution in [0.15, 0.2) is 4.52 Å². The first-order chi connectivity index (χ1) is 8.25. The minimum absolute atomic E-state index is 0.00848. The van der Waals surface area contributed by atoms with Gasteiger partial charge in [-0.25, -0.2) is 0 Å². The Morgan fingerprint density at radius 3 is 2.39 bits per heavy atom. The van der Waals surface area contributed by atoms with E-state index in [9.17, 15) is 0 Å². The lowest BCUT2D eigenvalue weighted by atomic mass is 9.85. The molecule has 2 unspecified atom stereocenters. The lowest BCUT2D eigenvalue weighted by Gasteiger charge is -2.25. The molecule has 0 amide bonds. The van der Waals surface area contributed by atoms with Crippen molar-refractivity contribution in [2.24, 2.45) is 17.1 Å². The molecule has 0 aliphatic rings. The summed E-state index contributed by atoms with van der Waals surface area (Å²) in [4.78, 5) is 4.37. The van der Waals surface area contributed by atoms with Crippen molar-refractivity contribution >= 4 is 0 Å². The van der Waals surface area contributed by atoms with E-state index >= 15 is 0 Å². The molecule has 1 aromatic rings. The van der Waals surface area contributed by atoms with Gasteiger partial charge in [0.2, 0.25) is 11.7 Å². The minimum atomic E-state index is -0.131. The minimum Gasteiger partial charge on any atom is -0.373 e. The number of ether oxygens (including phenoxy) is 1. The van der Waals surface area contributed by atoms with E-state index in [0.29, 0.717) is 24.1 Å². The van der Waals surface area contributed by atoms with Gasteiger partial charge in [-0.05, 0) is 11.3 Å². The lowest BCUT2D eigenvalue weighted by Crippen LogP contribution is -2.37. The van der Waals surface area contributed by atoms with Crippen LogP contribution in [0.4, 0.5) is 0 Å². The Hall–Kier alpha value is -0.940. The molecule has 5 nitrogen and oxygen atoms in total. The molecule has 1 aromatic heterocycles. The first-order valence-corrected chi connectivity index (χ1v) is 6.36. The Kier molecular flexibility index (Phi) is 4.87. The Morgan fingerprint density at radius 2 is 1.94 bits per heavy atom. The molecule has 2 atom stereocenters. The van der Waals surface area contributed by atoms with Crippen molar-refractivity contribution in [2.75, 3.05) is 7.11 Å². The van der Waals surface area contributed by atoms with Gasteiger partial charge >= 0.3 is 0 Å². The smallest absolute Gasteiger partial charge is 0.228 e. The van der Waals surface area contributed by atoms with E-state index in [1.807, 2.05) is 0 Å². The second kappa shape index (κ2) is 5.80. The third-order valence-corrected chi connectivity index (χ3v) is 3.10. The SMILES string of the molecule is COC(c1noc(CC(N)C(C)(C)C)n1)C(C)C. The molecule has 104 valence electrons. The number of rotatable bonds is 5. The van der Waals surface area contributed by atoms with Gasteiger partial charge in [0.25, 0.3) is 0 Å². The molecular weight excluding hydrogens is 230 g/mol. The van der Waals surface area contributed by atoms with Crippen molar-refractivity contribution in [2.45, 2.75) is 53.2 Å². The summed E-state index contributed by atoms with van der Waals surface area (Å²) in [6.45, 7) is 10.4. The highest BCUT2D eigenvalue weighted by Crippen LogP contribution is 2.24. The molecule has 0 aliphatic heterocycles. The quantitative estimate of drug-likeness (QED) is 0.874. The van der Waals surface area contributed by atoms with Crippen LogP contribution in [-0.2, 0) is 11.2 Å². The van der Waals surface area contributed by atoms with Gasteiger partial charge in [0, 0.05) is 19.6 Å². The van der Waals surface area contributed by atoms with Crippen molar-refractivity contribution in [1.82, 2.24) is 10.1 Å². The predicted molar refractivity (Wildman–Crippen MR) is 70.0 cm³/mol. The van der Waals surface area contributed by atoms with Crippen LogP contribution in [0.5, 0.6) is 0 Å². The fourth-order valence-electron chi connectivity index (χ4n) is 1.64. The highest BCUT2D eigenvalue weighted by molar-refractivity contribution is 4.95. The number of nitrogens with zero attached hydrogens (tertiary/aromatic N) is 2. The molecule has 0 fully saturated rings. The molecule has 2 N–H and O–H groups in total. The summed E-state index contributed by atoms with van der Waals surface area (Å²) in [5.41, 5.74) is 6.12. The molecule has 0 aromatic carbocycles. The van der Waals surface area contributed by atoms with E-state index in [4.69, 9.17) is 15.0 Å². The Morgan fingerprint density at radius 1 is 1.33 bits per heavy atom. The number of hydrogen-bond donors (Lipinski definition) is 1. The van der Waals surface area contributed by atoms with E-state index in [0.717, 1.165) is 0 Å². The molecule has 18 heavy (non-hydrogen) atoms. The van der Waals surface area contributed by atoms with Crippen LogP contribution in [0.1, 0.15) is 52.4 Å². The van der Waals surface area contributed by atoms with Gasteiger partial charge in [-0.15, -0.1) is 0 Å². The van der Waals surface area contributed by atoms with Gasteiger partial charge in [-0.2, -0.15) is 4.98 Å². The summed E-state index contributed by atoms with van der Waals surface area (Å²) in [6, 6.07) is -0.00848. The Labute approximate surface area is 109 Å². The van der Waals surface area contributed by atoms with Crippen LogP contribution in [0.2, 0.25) is 0 Å². The third-order valence-electron chi connectivity index (χ3n) is 3.10. The molecule has 0 aliphatic carbocycles. The van der Waals surface area contributed by atoms with Gasteiger partial charge in [0.05, 0.1) is 0 Å². The molecule has 0 saturated carbocycles. The molecule has 5 heteroatoms. The van der Waals surface area contributed by atoms with E-state index in [-0.39, 0.29) is 17.6 Å². The van der Waals surface area contributed by atoms with Crippen LogP contribution in [0, 0.1) is 11.3 Å². The van der Waals surface area contributed by atoms with Gasteiger partial charge < -0.3 is 15.0 Å². The van der Waals surface area contributed by atoms with Crippen LogP contribution in [-0.4, -0.2) is 23.3 Å². The highest BCUT2D eigenvalue weighted by Gasteiger charge is 2.25. The standard InChI is InChI=1S/C13H25N3O2/c1-8(2)11(17-6)12-15-10(18-16-12)7-9(14)13(3,4)5/h8-9,11H,7,14H2,1-6H3. The second-order valence-corrected chi connectivity index (χ2v) is 6.12. The normalized spacial score (nSPS) is 16.0. The molecule has 1 rings (SSSR count). The van der Waals surface area contributed by atoms with Crippen LogP contribution < -0.4 is 5.73 Å². The average molecular weight is 255 g/mol. The van der Waals surface area contributed by atoms with Gasteiger partial charge in [-0.3, -0.25) is 0 Å². The molecule has 0 radical (unpaired) electrons. The van der Waals surface area contributed by atoms with E-state index in [2.05, 4.69) is 44.8 Å². The summed E-state index contributed by atoms with van der Waals surface area (Å²) in [5.74, 6) is 1.48. The summed E-state index contributed by atoms with van der Waals surface area (Å²) < 4.78 is 10.6. The summed E-state index contributed by atoms with van der Waals surface area (Å²) in [6.07, 6.45) is 0.457. The van der Waals surface area contributed by atoms with Crippen molar-refractivity contribution in [3.05, 3.63) is 11.7 Å². The molecule has 0 bridgehead atoms. The maximum absolute atomic E-state index is 6.10. The first-order valence-electron chi connectivity index (χ1n) is 6.36. The predicted octanol–water partition coefficient (Wildman–Crippen LogP) is 2.33. The summed E-state index contributed by atoms with van der Waals surface area (Å²) in [5, 5.41) is 3.98. The zero-order chi connectivity index (χ0) is 13.9. The van der Waals surface area contributed by atoms with E-state index in [1.54, 1.807) is 7.11 Å². The number of nitrogens with two attached hydrogens (primary N) is 1. The van der Waals surface area contributed by atoms with Crippen LogP contribution >= 0.6 is 0 Å². The maximum atomic E-state index is 6.10. The average Bonchev–Trinajstić information content (AvgIpc) is 2.65. The number of methoxy groups -OCH3 is 1. The zero-order valence-electron chi connectivity index (χ0n) is 12.2. The highest BCUT2D eigenvalue weighted by atomic mass is 16.5. The summed E-state index contributed by atoms with van der Waals surface area (Å²) in [7, 11) is 1.65. The van der Waals surface area contributed by atoms with Gasteiger partial charge in [-0.1, -0.05) is 39.8 Å². The largest absolute Gasteiger partial charge is 0.373 e. The Bertz CT molecular complexity index is 369. The molecular formula is C13H25N3O2. The maximum Gasteiger partial charge on any atom is 0.228 e. The first kappa shape index (κ1) is 15.1. The van der Waals surface area contributed by atoms with Gasteiger partial charge in [0.15, 0.2) is 0 Å². The second-order valence-electron chi connectivity index (χ2n) is 6.12. The zero-order valence-corrected chi connectivity index (χ0v) is 12.2. The monoisotopic (exact) mass is 255 g/mol. The van der Waals surface area contributed by atoms with Crippen molar-refractivity contribution in [1.29, 1.82) is 0 Å². The lowest BCUT2D eigenvalue weighted by molar-refractivity contribution is 0.0555. The fraction of sp³-hybridized carbons (Fsp3) is 0.846. The Balaban J connectivity index is 2.75. The van der Waals surface area contributed by atoms with E-state index < -0.39 is 0 Å². The van der Waals surface area contributed by atoms with Crippen LogP contribution in [0.25, 0.3) is 0 Å².